The lowest BCUT2D eigenvalue weighted by Crippen LogP contribution is -2.21. The summed E-state index contributed by atoms with van der Waals surface area (Å²) in [6, 6.07) is 10.6. The first-order valence-corrected chi connectivity index (χ1v) is 7.98. The first-order chi connectivity index (χ1) is 11.8. The fraction of sp³-hybridized carbons (Fsp3) is 0.118. The molecule has 2 aromatic carbocycles. The number of hydrogen-bond acceptors (Lipinski definition) is 4. The van der Waals surface area contributed by atoms with Gasteiger partial charge in [0, 0.05) is 16.3 Å². The van der Waals surface area contributed by atoms with E-state index in [4.69, 9.17) is 23.2 Å². The van der Waals surface area contributed by atoms with Crippen molar-refractivity contribution in [2.45, 2.75) is 13.3 Å². The number of phenolic OH excluding ortho intramolecular Hbond substituents is 1. The molecule has 2 amide bonds. The number of amides is 2. The Labute approximate surface area is 154 Å². The molecule has 130 valence electrons. The third-order valence-electron chi connectivity index (χ3n) is 3.08. The molecule has 2 rings (SSSR count). The predicted octanol–water partition coefficient (Wildman–Crippen LogP) is 3.83. The summed E-state index contributed by atoms with van der Waals surface area (Å²) in [5.74, 6) is -0.864. The van der Waals surface area contributed by atoms with E-state index in [1.54, 1.807) is 25.1 Å². The normalized spacial score (nSPS) is 11.1. The minimum Gasteiger partial charge on any atom is -0.508 e. The van der Waals surface area contributed by atoms with Crippen LogP contribution in [0.2, 0.25) is 10.0 Å². The van der Waals surface area contributed by atoms with Crippen LogP contribution >= 0.6 is 23.2 Å². The maximum Gasteiger partial charge on any atom is 0.271 e. The second-order valence-corrected chi connectivity index (χ2v) is 6.03. The Morgan fingerprint density at radius 3 is 2.64 bits per heavy atom. The van der Waals surface area contributed by atoms with E-state index in [-0.39, 0.29) is 23.6 Å². The molecular formula is C17H15Cl2N3O3. The molecule has 0 unspecified atom stereocenters. The van der Waals surface area contributed by atoms with Gasteiger partial charge in [-0.2, -0.15) is 5.10 Å². The third-order valence-corrected chi connectivity index (χ3v) is 3.64. The van der Waals surface area contributed by atoms with Crippen molar-refractivity contribution in [3.8, 4) is 5.75 Å². The average molecular weight is 380 g/mol. The summed E-state index contributed by atoms with van der Waals surface area (Å²) in [6.07, 6.45) is -0.0385. The molecule has 0 aliphatic carbocycles. The average Bonchev–Trinajstić information content (AvgIpc) is 2.56. The Morgan fingerprint density at radius 1 is 1.16 bits per heavy atom. The number of anilines is 1. The SMILES string of the molecule is C/C(CC(=O)Nc1cc(Cl)ccc1Cl)=N\NC(=O)c1cccc(O)c1. The molecular weight excluding hydrogens is 365 g/mol. The molecule has 0 saturated carbocycles. The minimum absolute atomic E-state index is 0.0221. The van der Waals surface area contributed by atoms with Crippen molar-refractivity contribution >= 4 is 46.4 Å². The summed E-state index contributed by atoms with van der Waals surface area (Å²) in [4.78, 5) is 23.9. The lowest BCUT2D eigenvalue weighted by Gasteiger charge is -2.08. The van der Waals surface area contributed by atoms with Crippen LogP contribution in [0.1, 0.15) is 23.7 Å². The van der Waals surface area contributed by atoms with Gasteiger partial charge in [0.1, 0.15) is 5.75 Å². The van der Waals surface area contributed by atoms with Crippen LogP contribution in [0.5, 0.6) is 5.75 Å². The van der Waals surface area contributed by atoms with Gasteiger partial charge in [0.05, 0.1) is 17.1 Å². The second-order valence-electron chi connectivity index (χ2n) is 5.19. The molecule has 0 atom stereocenters. The topological polar surface area (TPSA) is 90.8 Å². The van der Waals surface area contributed by atoms with Crippen molar-refractivity contribution in [3.05, 3.63) is 58.1 Å². The summed E-state index contributed by atoms with van der Waals surface area (Å²) >= 11 is 11.8. The van der Waals surface area contributed by atoms with Gasteiger partial charge in [0.15, 0.2) is 0 Å². The fourth-order valence-electron chi connectivity index (χ4n) is 1.92. The summed E-state index contributed by atoms with van der Waals surface area (Å²) in [7, 11) is 0. The van der Waals surface area contributed by atoms with Gasteiger partial charge in [-0.3, -0.25) is 9.59 Å². The molecule has 25 heavy (non-hydrogen) atoms. The van der Waals surface area contributed by atoms with Crippen LogP contribution in [0.4, 0.5) is 5.69 Å². The minimum atomic E-state index is -0.492. The highest BCUT2D eigenvalue weighted by atomic mass is 35.5. The number of carbonyl (C=O) groups excluding carboxylic acids is 2. The van der Waals surface area contributed by atoms with E-state index in [1.807, 2.05) is 0 Å². The number of halogens is 2. The van der Waals surface area contributed by atoms with Gasteiger partial charge in [0.2, 0.25) is 5.91 Å². The van der Waals surface area contributed by atoms with Crippen molar-refractivity contribution in [2.24, 2.45) is 5.10 Å². The number of phenols is 1. The van der Waals surface area contributed by atoms with Crippen LogP contribution in [0.3, 0.4) is 0 Å². The highest BCUT2D eigenvalue weighted by Gasteiger charge is 2.09. The number of benzene rings is 2. The number of hydrazone groups is 1. The Bertz CT molecular complexity index is 838. The van der Waals surface area contributed by atoms with Crippen molar-refractivity contribution in [2.75, 3.05) is 5.32 Å². The molecule has 2 aromatic rings. The maximum atomic E-state index is 12.0. The molecule has 0 bridgehead atoms. The monoisotopic (exact) mass is 379 g/mol. The Kier molecular flexibility index (Phi) is 6.38. The fourth-order valence-corrected chi connectivity index (χ4v) is 2.25. The number of aromatic hydroxyl groups is 1. The van der Waals surface area contributed by atoms with Gasteiger partial charge in [-0.05, 0) is 43.3 Å². The van der Waals surface area contributed by atoms with Crippen molar-refractivity contribution < 1.29 is 14.7 Å². The second kappa shape index (κ2) is 8.50. The van der Waals surface area contributed by atoms with Gasteiger partial charge in [-0.15, -0.1) is 0 Å². The smallest absolute Gasteiger partial charge is 0.271 e. The first-order valence-electron chi connectivity index (χ1n) is 7.22. The molecule has 0 aliphatic rings. The molecule has 8 heteroatoms. The van der Waals surface area contributed by atoms with E-state index >= 15 is 0 Å². The summed E-state index contributed by atoms with van der Waals surface area (Å²) in [6.45, 7) is 1.60. The van der Waals surface area contributed by atoms with Gasteiger partial charge in [-0.25, -0.2) is 5.43 Å². The molecule has 0 heterocycles. The molecule has 0 saturated heterocycles. The van der Waals surface area contributed by atoms with Crippen LogP contribution in [-0.4, -0.2) is 22.6 Å². The zero-order valence-electron chi connectivity index (χ0n) is 13.2. The molecule has 0 radical (unpaired) electrons. The van der Waals surface area contributed by atoms with Crippen molar-refractivity contribution in [3.63, 3.8) is 0 Å². The zero-order chi connectivity index (χ0) is 18.4. The van der Waals surface area contributed by atoms with Crippen LogP contribution in [0, 0.1) is 0 Å². The van der Waals surface area contributed by atoms with Crippen LogP contribution < -0.4 is 10.7 Å². The molecule has 3 N–H and O–H groups in total. The van der Waals surface area contributed by atoms with E-state index in [0.717, 1.165) is 0 Å². The molecule has 6 nitrogen and oxygen atoms in total. The van der Waals surface area contributed by atoms with E-state index < -0.39 is 5.91 Å². The van der Waals surface area contributed by atoms with Crippen molar-refractivity contribution in [1.82, 2.24) is 5.43 Å². The van der Waals surface area contributed by atoms with Crippen LogP contribution in [-0.2, 0) is 4.79 Å². The standard InChI is InChI=1S/C17H15Cl2N3O3/c1-10(21-22-17(25)11-3-2-4-13(23)8-11)7-16(24)20-15-9-12(18)5-6-14(15)19/h2-6,8-9,23H,7H2,1H3,(H,20,24)(H,22,25)/b21-10+. The van der Waals surface area contributed by atoms with Crippen LogP contribution in [0.15, 0.2) is 47.6 Å². The highest BCUT2D eigenvalue weighted by molar-refractivity contribution is 6.35. The number of rotatable bonds is 5. The number of nitrogens with zero attached hydrogens (tertiary/aromatic N) is 1. The van der Waals surface area contributed by atoms with Crippen LogP contribution in [0.25, 0.3) is 0 Å². The number of nitrogens with one attached hydrogen (secondary N) is 2. The first kappa shape index (κ1) is 18.8. The highest BCUT2D eigenvalue weighted by Crippen LogP contribution is 2.25. The van der Waals surface area contributed by atoms with Gasteiger partial charge < -0.3 is 10.4 Å². The lowest BCUT2D eigenvalue weighted by atomic mass is 10.2. The number of hydrogen-bond donors (Lipinski definition) is 3. The van der Waals surface area contributed by atoms with E-state index in [9.17, 15) is 14.7 Å². The van der Waals surface area contributed by atoms with Crippen molar-refractivity contribution in [1.29, 1.82) is 0 Å². The Morgan fingerprint density at radius 2 is 1.92 bits per heavy atom. The van der Waals surface area contributed by atoms with E-state index in [2.05, 4.69) is 15.8 Å². The molecule has 0 aromatic heterocycles. The Hall–Kier alpha value is -2.57. The number of carbonyl (C=O) groups is 2. The Balaban J connectivity index is 1.93. The summed E-state index contributed by atoms with van der Waals surface area (Å²) < 4.78 is 0. The van der Waals surface area contributed by atoms with Gasteiger partial charge in [-0.1, -0.05) is 29.3 Å². The van der Waals surface area contributed by atoms with Gasteiger partial charge in [0.25, 0.3) is 5.91 Å². The zero-order valence-corrected chi connectivity index (χ0v) is 14.7. The van der Waals surface area contributed by atoms with Gasteiger partial charge >= 0.3 is 0 Å². The molecule has 0 aliphatic heterocycles. The lowest BCUT2D eigenvalue weighted by molar-refractivity contribution is -0.115. The summed E-state index contributed by atoms with van der Waals surface area (Å²) in [5, 5.41) is 16.7. The predicted molar refractivity (Wildman–Crippen MR) is 98.4 cm³/mol. The molecule has 0 spiro atoms. The maximum absolute atomic E-state index is 12.0. The largest absolute Gasteiger partial charge is 0.508 e. The van der Waals surface area contributed by atoms with E-state index in [1.165, 1.54) is 24.3 Å². The summed E-state index contributed by atoms with van der Waals surface area (Å²) in [5.41, 5.74) is 3.37. The molecule has 0 fully saturated rings. The van der Waals surface area contributed by atoms with E-state index in [0.29, 0.717) is 21.4 Å². The quantitative estimate of drug-likeness (QED) is 0.544. The third kappa shape index (κ3) is 5.77.